The maximum Gasteiger partial charge on any atom is 0.223 e. The minimum Gasteiger partial charge on any atom is -0.336 e. The van der Waals surface area contributed by atoms with E-state index >= 15 is 0 Å². The summed E-state index contributed by atoms with van der Waals surface area (Å²) in [7, 11) is 0. The lowest BCUT2D eigenvalue weighted by Crippen LogP contribution is -2.65. The highest BCUT2D eigenvalue weighted by atomic mass is 16.2. The van der Waals surface area contributed by atoms with Gasteiger partial charge in [-0.2, -0.15) is 5.10 Å². The lowest BCUT2D eigenvalue weighted by Gasteiger charge is -2.57. The van der Waals surface area contributed by atoms with Crippen LogP contribution in [0.1, 0.15) is 81.2 Å². The van der Waals surface area contributed by atoms with Gasteiger partial charge in [-0.25, -0.2) is 0 Å². The summed E-state index contributed by atoms with van der Waals surface area (Å²) in [6.07, 6.45) is 12.7. The third-order valence-corrected chi connectivity index (χ3v) is 8.53. The molecule has 4 atom stereocenters. The third-order valence-electron chi connectivity index (χ3n) is 8.53. The molecule has 0 radical (unpaired) electrons. The average molecular weight is 399 g/mol. The summed E-state index contributed by atoms with van der Waals surface area (Å²) in [5, 5.41) is 7.58. The van der Waals surface area contributed by atoms with E-state index in [4.69, 9.17) is 0 Å². The lowest BCUT2D eigenvalue weighted by molar-refractivity contribution is -0.154. The minimum atomic E-state index is 0.465. The Hall–Kier alpha value is -1.36. The van der Waals surface area contributed by atoms with Crippen LogP contribution in [0.2, 0.25) is 0 Å². The Labute approximate surface area is 175 Å². The predicted octanol–water partition coefficient (Wildman–Crippen LogP) is 4.20. The smallest absolute Gasteiger partial charge is 0.223 e. The van der Waals surface area contributed by atoms with E-state index in [2.05, 4.69) is 33.8 Å². The van der Waals surface area contributed by atoms with Crippen LogP contribution >= 0.6 is 0 Å². The standard InChI is InChI=1S/C24H38N4O/c1-16-21(17(2)26-25-16)15-27-13-19-12-20(14-27)23(11-18-7-4-3-5-8-18)28-22(19)9-6-10-24(28)29/h18-20,22-23H,3-15H2,1-2H3,(H,25,26)/t19-,20+,22+,23+/m1/s1. The normalized spacial score (nSPS) is 33.7. The Balaban J connectivity index is 1.37. The number of hydrogen-bond acceptors (Lipinski definition) is 3. The molecule has 2 bridgehead atoms. The number of amides is 1. The van der Waals surface area contributed by atoms with Crippen LogP contribution in [0, 0.1) is 31.6 Å². The molecule has 3 aliphatic heterocycles. The van der Waals surface area contributed by atoms with Crippen molar-refractivity contribution in [2.24, 2.45) is 17.8 Å². The number of fused-ring (bicyclic) bond motifs is 4. The summed E-state index contributed by atoms with van der Waals surface area (Å²) in [4.78, 5) is 18.2. The predicted molar refractivity (Wildman–Crippen MR) is 114 cm³/mol. The molecule has 5 heteroatoms. The molecule has 0 unspecified atom stereocenters. The molecule has 29 heavy (non-hydrogen) atoms. The van der Waals surface area contributed by atoms with Crippen molar-refractivity contribution >= 4 is 5.91 Å². The van der Waals surface area contributed by atoms with Gasteiger partial charge in [0.2, 0.25) is 5.91 Å². The molecule has 5 rings (SSSR count). The summed E-state index contributed by atoms with van der Waals surface area (Å²) in [6, 6.07) is 0.983. The number of carbonyl (C=O) groups excluding carboxylic acids is 1. The van der Waals surface area contributed by atoms with Crippen LogP contribution in [0.5, 0.6) is 0 Å². The van der Waals surface area contributed by atoms with Gasteiger partial charge in [0.1, 0.15) is 0 Å². The summed E-state index contributed by atoms with van der Waals surface area (Å²) < 4.78 is 0. The van der Waals surface area contributed by atoms with Crippen molar-refractivity contribution in [2.75, 3.05) is 13.1 Å². The topological polar surface area (TPSA) is 52.2 Å². The third kappa shape index (κ3) is 3.75. The first kappa shape index (κ1) is 19.6. The molecule has 3 saturated heterocycles. The molecule has 1 saturated carbocycles. The maximum atomic E-state index is 13.0. The molecule has 0 spiro atoms. The highest BCUT2D eigenvalue weighted by Crippen LogP contribution is 2.45. The van der Waals surface area contributed by atoms with Crippen LogP contribution in [0.15, 0.2) is 0 Å². The van der Waals surface area contributed by atoms with Crippen LogP contribution in [-0.2, 0) is 11.3 Å². The highest BCUT2D eigenvalue weighted by molar-refractivity contribution is 5.78. The van der Waals surface area contributed by atoms with E-state index in [0.717, 1.165) is 44.1 Å². The molecule has 4 fully saturated rings. The van der Waals surface area contributed by atoms with Gasteiger partial charge in [0.15, 0.2) is 0 Å². The van der Waals surface area contributed by atoms with Crippen molar-refractivity contribution < 1.29 is 4.79 Å². The quantitative estimate of drug-likeness (QED) is 0.827. The first-order valence-electron chi connectivity index (χ1n) is 12.1. The molecule has 0 aromatic carbocycles. The zero-order valence-corrected chi connectivity index (χ0v) is 18.3. The number of aromatic amines is 1. The molecule has 1 aromatic heterocycles. The molecule has 1 aromatic rings. The van der Waals surface area contributed by atoms with Crippen molar-refractivity contribution in [3.8, 4) is 0 Å². The van der Waals surface area contributed by atoms with Gasteiger partial charge in [0.25, 0.3) is 0 Å². The second-order valence-corrected chi connectivity index (χ2v) is 10.4. The van der Waals surface area contributed by atoms with Crippen molar-refractivity contribution in [3.05, 3.63) is 17.0 Å². The first-order chi connectivity index (χ1) is 14.1. The number of H-pyrrole nitrogens is 1. The summed E-state index contributed by atoms with van der Waals surface area (Å²) >= 11 is 0. The van der Waals surface area contributed by atoms with Gasteiger partial charge in [0, 0.05) is 49.4 Å². The monoisotopic (exact) mass is 398 g/mol. The van der Waals surface area contributed by atoms with Crippen LogP contribution in [0.4, 0.5) is 0 Å². The van der Waals surface area contributed by atoms with E-state index in [0.29, 0.717) is 29.8 Å². The number of aromatic nitrogens is 2. The van der Waals surface area contributed by atoms with Gasteiger partial charge in [-0.05, 0) is 57.3 Å². The number of aryl methyl sites for hydroxylation is 2. The van der Waals surface area contributed by atoms with Crippen LogP contribution in [0.3, 0.4) is 0 Å². The zero-order chi connectivity index (χ0) is 20.0. The fraction of sp³-hybridized carbons (Fsp3) is 0.833. The summed E-state index contributed by atoms with van der Waals surface area (Å²) in [5.74, 6) is 2.62. The maximum absolute atomic E-state index is 13.0. The van der Waals surface area contributed by atoms with Gasteiger partial charge in [-0.1, -0.05) is 32.1 Å². The van der Waals surface area contributed by atoms with E-state index in [9.17, 15) is 4.79 Å². The van der Waals surface area contributed by atoms with Crippen molar-refractivity contribution in [2.45, 2.75) is 96.7 Å². The molecule has 1 aliphatic carbocycles. The number of likely N-dealkylation sites (tertiary alicyclic amines) is 1. The number of nitrogens with zero attached hydrogens (tertiary/aromatic N) is 3. The van der Waals surface area contributed by atoms with Gasteiger partial charge < -0.3 is 4.90 Å². The van der Waals surface area contributed by atoms with Gasteiger partial charge in [-0.15, -0.1) is 0 Å². The van der Waals surface area contributed by atoms with Crippen molar-refractivity contribution in [1.82, 2.24) is 20.0 Å². The van der Waals surface area contributed by atoms with E-state index < -0.39 is 0 Å². The van der Waals surface area contributed by atoms with Gasteiger partial charge >= 0.3 is 0 Å². The average Bonchev–Trinajstić information content (AvgIpc) is 3.04. The number of carbonyl (C=O) groups is 1. The van der Waals surface area contributed by atoms with Crippen molar-refractivity contribution in [3.63, 3.8) is 0 Å². The Kier molecular flexibility index (Phi) is 5.44. The molecule has 1 amide bonds. The van der Waals surface area contributed by atoms with Crippen molar-refractivity contribution in [1.29, 1.82) is 0 Å². The largest absolute Gasteiger partial charge is 0.336 e. The van der Waals surface area contributed by atoms with Gasteiger partial charge in [0.05, 0.1) is 5.69 Å². The van der Waals surface area contributed by atoms with Crippen LogP contribution < -0.4 is 0 Å². The fourth-order valence-electron chi connectivity index (χ4n) is 7.10. The lowest BCUT2D eigenvalue weighted by atomic mass is 9.69. The number of piperidine rings is 3. The molecular formula is C24H38N4O. The molecule has 1 N–H and O–H groups in total. The molecule has 160 valence electrons. The SMILES string of the molecule is Cc1n[nH]c(C)c1CN1C[C@H]2C[C@@H](C1)[C@H](CC1CCCCC1)N1C(=O)CCC[C@@H]21. The van der Waals surface area contributed by atoms with E-state index in [1.165, 1.54) is 62.6 Å². The van der Waals surface area contributed by atoms with E-state index in [1.54, 1.807) is 0 Å². The molecule has 4 aliphatic rings. The minimum absolute atomic E-state index is 0.465. The van der Waals surface area contributed by atoms with Gasteiger partial charge in [-0.3, -0.25) is 14.8 Å². The fourth-order valence-corrected chi connectivity index (χ4v) is 7.10. The van der Waals surface area contributed by atoms with Crippen LogP contribution in [0.25, 0.3) is 0 Å². The zero-order valence-electron chi connectivity index (χ0n) is 18.3. The Morgan fingerprint density at radius 3 is 2.59 bits per heavy atom. The number of rotatable bonds is 4. The first-order valence-corrected chi connectivity index (χ1v) is 12.1. The molecular weight excluding hydrogens is 360 g/mol. The van der Waals surface area contributed by atoms with Crippen LogP contribution in [-0.4, -0.2) is 51.1 Å². The highest BCUT2D eigenvalue weighted by Gasteiger charge is 2.49. The summed E-state index contributed by atoms with van der Waals surface area (Å²) in [5.41, 5.74) is 3.74. The molecule has 5 nitrogen and oxygen atoms in total. The van der Waals surface area contributed by atoms with E-state index in [1.807, 2.05) is 0 Å². The second kappa shape index (κ2) is 8.05. The Bertz CT molecular complexity index is 718. The molecule has 4 heterocycles. The van der Waals surface area contributed by atoms with E-state index in [-0.39, 0.29) is 0 Å². The number of nitrogens with one attached hydrogen (secondary N) is 1. The summed E-state index contributed by atoms with van der Waals surface area (Å²) in [6.45, 7) is 7.57. The number of hydrogen-bond donors (Lipinski definition) is 1. The Morgan fingerprint density at radius 2 is 1.83 bits per heavy atom. The second-order valence-electron chi connectivity index (χ2n) is 10.4. The Morgan fingerprint density at radius 1 is 1.03 bits per heavy atom.